The van der Waals surface area contributed by atoms with Crippen LogP contribution in [0.5, 0.6) is 0 Å². The number of nitrogens with two attached hydrogens (primary N) is 1. The van der Waals surface area contributed by atoms with Gasteiger partial charge in [0.05, 0.1) is 16.7 Å². The van der Waals surface area contributed by atoms with Crippen molar-refractivity contribution in [2.45, 2.75) is 0 Å². The van der Waals surface area contributed by atoms with Crippen LogP contribution in [0.15, 0.2) is 11.2 Å². The number of hydrogen-bond acceptors (Lipinski definition) is 5. The van der Waals surface area contributed by atoms with E-state index < -0.39 is 5.97 Å². The van der Waals surface area contributed by atoms with E-state index in [-0.39, 0.29) is 5.75 Å². The van der Waals surface area contributed by atoms with E-state index in [2.05, 4.69) is 17.5 Å². The summed E-state index contributed by atoms with van der Waals surface area (Å²) in [4.78, 5) is 11.3. The number of thiol groups is 1. The number of carbonyl (C=O) groups is 1. The average Bonchev–Trinajstić information content (AvgIpc) is 2.36. The molecular weight excluding hydrogens is 196 g/mol. The highest BCUT2D eigenvalue weighted by Gasteiger charge is 2.02. The summed E-state index contributed by atoms with van der Waals surface area (Å²) in [5.74, 6) is 0.0413. The monoisotopic (exact) mass is 208 g/mol. The first-order chi connectivity index (χ1) is 5.56. The molecule has 4 nitrogen and oxygen atoms in total. The highest BCUT2D eigenvalue weighted by molar-refractivity contribution is 8.03. The highest BCUT2D eigenvalue weighted by atomic mass is 32.2. The summed E-state index contributed by atoms with van der Waals surface area (Å²) in [6.07, 6.45) is 1.94. The van der Waals surface area contributed by atoms with Crippen molar-refractivity contribution in [2.75, 3.05) is 18.7 Å². The van der Waals surface area contributed by atoms with Crippen LogP contribution in [0.1, 0.15) is 0 Å². The fourth-order valence-electron chi connectivity index (χ4n) is 0.468. The molecule has 0 aromatic rings. The van der Waals surface area contributed by atoms with Crippen molar-refractivity contribution in [2.24, 2.45) is 5.73 Å². The van der Waals surface area contributed by atoms with Gasteiger partial charge in [-0.2, -0.15) is 12.6 Å². The van der Waals surface area contributed by atoms with Crippen LogP contribution >= 0.6 is 24.4 Å². The van der Waals surface area contributed by atoms with Gasteiger partial charge in [0, 0.05) is 13.2 Å². The summed E-state index contributed by atoms with van der Waals surface area (Å²) in [5, 5.41) is 8.56. The molecule has 3 N–H and O–H groups in total. The van der Waals surface area contributed by atoms with Crippen LogP contribution in [0.3, 0.4) is 0 Å². The molecule has 1 rings (SSSR count). The second-order valence-electron chi connectivity index (χ2n) is 2.11. The molecule has 0 saturated heterocycles. The van der Waals surface area contributed by atoms with Crippen LogP contribution in [0.2, 0.25) is 0 Å². The molecule has 0 amide bonds. The summed E-state index contributed by atoms with van der Waals surface area (Å²) < 4.78 is 0. The number of thioether (sulfide) groups is 1. The van der Waals surface area contributed by atoms with Gasteiger partial charge < -0.3 is 15.7 Å². The van der Waals surface area contributed by atoms with Gasteiger partial charge in [-0.3, -0.25) is 4.79 Å². The Morgan fingerprint density at radius 2 is 2.50 bits per heavy atom. The maximum atomic E-state index is 9.29. The molecule has 12 heavy (non-hydrogen) atoms. The van der Waals surface area contributed by atoms with Crippen molar-refractivity contribution < 1.29 is 9.90 Å². The van der Waals surface area contributed by atoms with Crippen molar-refractivity contribution in [3.8, 4) is 0 Å². The van der Waals surface area contributed by atoms with Gasteiger partial charge in [-0.15, -0.1) is 0 Å². The fraction of sp³-hybridized carbons (Fsp3) is 0.500. The van der Waals surface area contributed by atoms with Gasteiger partial charge in [0.2, 0.25) is 0 Å². The molecule has 0 saturated carbocycles. The summed E-state index contributed by atoms with van der Waals surface area (Å²) in [6, 6.07) is 0. The zero-order valence-corrected chi connectivity index (χ0v) is 8.44. The molecular formula is C6H12N2O2S2. The number of rotatable bonds is 1. The third kappa shape index (κ3) is 6.23. The maximum absolute atomic E-state index is 9.29. The fourth-order valence-corrected chi connectivity index (χ4v) is 1.15. The minimum Gasteiger partial charge on any atom is -0.481 e. The number of hydrogen-bond donors (Lipinski definition) is 3. The number of carboxylic acid groups (broad SMARTS) is 1. The smallest absolute Gasteiger partial charge is 0.313 e. The average molecular weight is 208 g/mol. The third-order valence-electron chi connectivity index (χ3n) is 0.918. The van der Waals surface area contributed by atoms with Gasteiger partial charge in [-0.1, -0.05) is 11.8 Å². The van der Waals surface area contributed by atoms with E-state index in [0.717, 1.165) is 10.9 Å². The van der Waals surface area contributed by atoms with Crippen LogP contribution in [-0.2, 0) is 4.79 Å². The molecule has 0 unspecified atom stereocenters. The summed E-state index contributed by atoms with van der Waals surface area (Å²) >= 11 is 5.09. The van der Waals surface area contributed by atoms with Crippen LogP contribution in [0.25, 0.3) is 0 Å². The van der Waals surface area contributed by atoms with E-state index in [0.29, 0.717) is 0 Å². The first-order valence-corrected chi connectivity index (χ1v) is 4.81. The van der Waals surface area contributed by atoms with E-state index in [1.54, 1.807) is 11.8 Å². The second-order valence-corrected chi connectivity index (χ2v) is 3.45. The molecule has 6 heteroatoms. The van der Waals surface area contributed by atoms with Gasteiger partial charge in [0.15, 0.2) is 0 Å². The first-order valence-electron chi connectivity index (χ1n) is 3.19. The largest absolute Gasteiger partial charge is 0.481 e. The minimum absolute atomic E-state index is 0.0833. The van der Waals surface area contributed by atoms with Gasteiger partial charge >= 0.3 is 5.97 Å². The molecule has 1 aliphatic heterocycles. The van der Waals surface area contributed by atoms with Gasteiger partial charge in [-0.25, -0.2) is 0 Å². The lowest BCUT2D eigenvalue weighted by atomic mass is 10.8. The molecule has 1 heterocycles. The summed E-state index contributed by atoms with van der Waals surface area (Å²) in [5.41, 5.74) is 5.41. The molecule has 0 spiro atoms. The summed E-state index contributed by atoms with van der Waals surface area (Å²) in [6.45, 7) is 0. The van der Waals surface area contributed by atoms with Crippen LogP contribution in [-0.4, -0.2) is 34.7 Å². The van der Waals surface area contributed by atoms with E-state index >= 15 is 0 Å². The lowest BCUT2D eigenvalue weighted by Crippen LogP contribution is -2.02. The predicted octanol–water partition coefficient (Wildman–Crippen LogP) is 0.381. The number of carboxylic acids is 1. The Kier molecular flexibility index (Phi) is 5.83. The zero-order chi connectivity index (χ0) is 9.56. The van der Waals surface area contributed by atoms with Crippen LogP contribution < -0.4 is 5.73 Å². The Morgan fingerprint density at radius 3 is 2.58 bits per heavy atom. The van der Waals surface area contributed by atoms with Gasteiger partial charge in [0.1, 0.15) is 0 Å². The number of nitrogens with zero attached hydrogens (tertiary/aromatic N) is 1. The van der Waals surface area contributed by atoms with Crippen LogP contribution in [0.4, 0.5) is 0 Å². The molecule has 0 bridgehead atoms. The third-order valence-corrected chi connectivity index (χ3v) is 2.16. The Bertz CT molecular complexity index is 184. The van der Waals surface area contributed by atoms with Crippen LogP contribution in [0, 0.1) is 0 Å². The molecule has 0 aromatic carbocycles. The topological polar surface area (TPSA) is 66.6 Å². The Hall–Kier alpha value is -0.490. The number of aliphatic carboxylic acids is 1. The molecule has 0 aliphatic carbocycles. The van der Waals surface area contributed by atoms with E-state index in [4.69, 9.17) is 10.8 Å². The normalized spacial score (nSPS) is 14.8. The Morgan fingerprint density at radius 1 is 2.00 bits per heavy atom. The molecule has 0 radical (unpaired) electrons. The van der Waals surface area contributed by atoms with Gasteiger partial charge in [0.25, 0.3) is 0 Å². The predicted molar refractivity (Wildman–Crippen MR) is 54.0 cm³/mol. The lowest BCUT2D eigenvalue weighted by Gasteiger charge is -2.00. The van der Waals surface area contributed by atoms with E-state index in [1.807, 2.05) is 13.2 Å². The Balaban J connectivity index is 0.000000217. The molecule has 0 fully saturated rings. The quantitative estimate of drug-likeness (QED) is 0.544. The standard InChI is InChI=1S/C4H8N2S.C2H4O2S/c1-6-2-4(5)7-3-6;3-2(4)1-5/h2H,3,5H2,1H3;5H,1H2,(H,3,4). The van der Waals surface area contributed by atoms with Crippen molar-refractivity contribution in [1.82, 2.24) is 4.90 Å². The van der Waals surface area contributed by atoms with E-state index in [9.17, 15) is 4.79 Å². The van der Waals surface area contributed by atoms with Crippen molar-refractivity contribution in [3.63, 3.8) is 0 Å². The molecule has 0 atom stereocenters. The first kappa shape index (κ1) is 11.5. The molecule has 1 aliphatic rings. The van der Waals surface area contributed by atoms with Crippen molar-refractivity contribution in [1.29, 1.82) is 0 Å². The maximum Gasteiger partial charge on any atom is 0.313 e. The van der Waals surface area contributed by atoms with Gasteiger partial charge in [-0.05, 0) is 0 Å². The minimum atomic E-state index is -0.881. The molecule has 0 aromatic heterocycles. The zero-order valence-electron chi connectivity index (χ0n) is 6.73. The van der Waals surface area contributed by atoms with Crippen molar-refractivity contribution in [3.05, 3.63) is 11.2 Å². The second kappa shape index (κ2) is 6.07. The Labute approximate surface area is 81.2 Å². The molecule has 70 valence electrons. The SMILES string of the molecule is CN1C=C(N)SC1.O=C(O)CS. The van der Waals surface area contributed by atoms with Crippen molar-refractivity contribution >= 4 is 30.4 Å². The highest BCUT2D eigenvalue weighted by Crippen LogP contribution is 2.17. The summed E-state index contributed by atoms with van der Waals surface area (Å²) in [7, 11) is 2.01. The van der Waals surface area contributed by atoms with E-state index in [1.165, 1.54) is 0 Å². The lowest BCUT2D eigenvalue weighted by molar-refractivity contribution is -0.133.